The Kier molecular flexibility index (Phi) is 6.57. The number of hydrogen-bond acceptors (Lipinski definition) is 6. The van der Waals surface area contributed by atoms with Crippen LogP contribution in [0.1, 0.15) is 12.5 Å². The van der Waals surface area contributed by atoms with Gasteiger partial charge in [0, 0.05) is 5.69 Å². The number of aromatic nitrogens is 2. The smallest absolute Gasteiger partial charge is 0.276 e. The van der Waals surface area contributed by atoms with Crippen molar-refractivity contribution in [3.63, 3.8) is 0 Å². The van der Waals surface area contributed by atoms with Gasteiger partial charge in [0.15, 0.2) is 5.16 Å². The molecule has 4 aromatic rings. The van der Waals surface area contributed by atoms with Gasteiger partial charge in [-0.05, 0) is 73.3 Å². The third kappa shape index (κ3) is 4.68. The molecule has 0 radical (unpaired) electrons. The highest BCUT2D eigenvalue weighted by atomic mass is 32.2. The summed E-state index contributed by atoms with van der Waals surface area (Å²) in [6.45, 7) is 4.11. The van der Waals surface area contributed by atoms with Crippen LogP contribution in [0, 0.1) is 12.7 Å². The normalized spacial score (nSPS) is 11.0. The SMILES string of the molecule is CCOc1ccc(NC(=O)CSc2nc3ccsc3c(=O)n2-c2ccc(F)c(C)c2)cc1. The minimum Gasteiger partial charge on any atom is -0.494 e. The second kappa shape index (κ2) is 9.54. The number of amides is 1. The molecule has 1 N–H and O–H groups in total. The number of carbonyl (C=O) groups is 1. The van der Waals surface area contributed by atoms with Crippen LogP contribution in [0.2, 0.25) is 0 Å². The number of fused-ring (bicyclic) bond motifs is 1. The molecule has 9 heteroatoms. The molecule has 32 heavy (non-hydrogen) atoms. The minimum absolute atomic E-state index is 0.0511. The highest BCUT2D eigenvalue weighted by molar-refractivity contribution is 7.99. The van der Waals surface area contributed by atoms with Gasteiger partial charge in [0.25, 0.3) is 5.56 Å². The first-order chi connectivity index (χ1) is 15.5. The molecule has 2 aromatic heterocycles. The number of nitrogens with one attached hydrogen (secondary N) is 1. The van der Waals surface area contributed by atoms with Crippen LogP contribution >= 0.6 is 23.1 Å². The van der Waals surface area contributed by atoms with Gasteiger partial charge in [-0.2, -0.15) is 0 Å². The van der Waals surface area contributed by atoms with Crippen molar-refractivity contribution < 1.29 is 13.9 Å². The monoisotopic (exact) mass is 469 g/mol. The van der Waals surface area contributed by atoms with Crippen LogP contribution in [0.25, 0.3) is 15.9 Å². The van der Waals surface area contributed by atoms with Crippen molar-refractivity contribution in [1.29, 1.82) is 0 Å². The number of thiophene rings is 1. The topological polar surface area (TPSA) is 73.2 Å². The molecule has 0 saturated heterocycles. The second-order valence-electron chi connectivity index (χ2n) is 6.90. The lowest BCUT2D eigenvalue weighted by Gasteiger charge is -2.13. The number of aryl methyl sites for hydroxylation is 1. The van der Waals surface area contributed by atoms with E-state index in [2.05, 4.69) is 10.3 Å². The number of benzene rings is 2. The van der Waals surface area contributed by atoms with Crippen molar-refractivity contribution in [2.45, 2.75) is 19.0 Å². The second-order valence-corrected chi connectivity index (χ2v) is 8.76. The number of hydrogen-bond donors (Lipinski definition) is 1. The van der Waals surface area contributed by atoms with Gasteiger partial charge in [0.2, 0.25) is 5.91 Å². The van der Waals surface area contributed by atoms with Gasteiger partial charge in [0.1, 0.15) is 16.3 Å². The quantitative estimate of drug-likeness (QED) is 0.304. The molecular formula is C23H20FN3O3S2. The predicted molar refractivity (Wildman–Crippen MR) is 127 cm³/mol. The first-order valence-electron chi connectivity index (χ1n) is 9.88. The van der Waals surface area contributed by atoms with Crippen molar-refractivity contribution in [3.8, 4) is 11.4 Å². The highest BCUT2D eigenvalue weighted by Gasteiger charge is 2.16. The Balaban J connectivity index is 1.58. The summed E-state index contributed by atoms with van der Waals surface area (Å²) in [4.78, 5) is 30.2. The highest BCUT2D eigenvalue weighted by Crippen LogP contribution is 2.25. The maximum absolute atomic E-state index is 13.8. The van der Waals surface area contributed by atoms with Gasteiger partial charge in [-0.25, -0.2) is 9.37 Å². The molecule has 0 aliphatic heterocycles. The summed E-state index contributed by atoms with van der Waals surface area (Å²) in [5.41, 5.74) is 1.90. The lowest BCUT2D eigenvalue weighted by atomic mass is 10.2. The predicted octanol–water partition coefficient (Wildman–Crippen LogP) is 5.02. The van der Waals surface area contributed by atoms with Gasteiger partial charge in [-0.1, -0.05) is 11.8 Å². The fraction of sp³-hybridized carbons (Fsp3) is 0.174. The van der Waals surface area contributed by atoms with Crippen LogP contribution in [-0.4, -0.2) is 27.8 Å². The molecule has 0 saturated carbocycles. The van der Waals surface area contributed by atoms with Gasteiger partial charge in [-0.15, -0.1) is 11.3 Å². The molecule has 0 unspecified atom stereocenters. The molecule has 0 fully saturated rings. The van der Waals surface area contributed by atoms with Crippen molar-refractivity contribution in [2.75, 3.05) is 17.7 Å². The third-order valence-electron chi connectivity index (χ3n) is 4.63. The largest absolute Gasteiger partial charge is 0.494 e. The summed E-state index contributed by atoms with van der Waals surface area (Å²) >= 11 is 2.45. The van der Waals surface area contributed by atoms with E-state index in [9.17, 15) is 14.0 Å². The number of carbonyl (C=O) groups excluding carboxylic acids is 1. The zero-order valence-corrected chi connectivity index (χ0v) is 19.1. The summed E-state index contributed by atoms with van der Waals surface area (Å²) in [5, 5.41) is 4.99. The minimum atomic E-state index is -0.351. The number of rotatable bonds is 7. The van der Waals surface area contributed by atoms with Crippen molar-refractivity contribution >= 4 is 44.9 Å². The number of ether oxygens (including phenoxy) is 1. The first-order valence-corrected chi connectivity index (χ1v) is 11.7. The Morgan fingerprint density at radius 3 is 2.72 bits per heavy atom. The van der Waals surface area contributed by atoms with E-state index < -0.39 is 0 Å². The van der Waals surface area contributed by atoms with Crippen LogP contribution in [0.4, 0.5) is 10.1 Å². The van der Waals surface area contributed by atoms with Gasteiger partial charge < -0.3 is 10.1 Å². The van der Waals surface area contributed by atoms with E-state index >= 15 is 0 Å². The Bertz CT molecular complexity index is 1330. The third-order valence-corrected chi connectivity index (χ3v) is 6.46. The van der Waals surface area contributed by atoms with Crippen molar-refractivity contribution in [1.82, 2.24) is 9.55 Å². The Morgan fingerprint density at radius 2 is 2.00 bits per heavy atom. The average molecular weight is 470 g/mol. The van der Waals surface area contributed by atoms with Gasteiger partial charge >= 0.3 is 0 Å². The summed E-state index contributed by atoms with van der Waals surface area (Å²) in [6.07, 6.45) is 0. The fourth-order valence-corrected chi connectivity index (χ4v) is 4.69. The van der Waals surface area contributed by atoms with Crippen molar-refractivity contribution in [3.05, 3.63) is 75.6 Å². The van der Waals surface area contributed by atoms with E-state index in [1.807, 2.05) is 6.92 Å². The van der Waals surface area contributed by atoms with Crippen LogP contribution in [0.15, 0.2) is 63.9 Å². The molecule has 0 spiro atoms. The zero-order chi connectivity index (χ0) is 22.7. The van der Waals surface area contributed by atoms with Gasteiger partial charge in [0.05, 0.1) is 23.6 Å². The van der Waals surface area contributed by atoms with E-state index in [1.165, 1.54) is 28.0 Å². The maximum Gasteiger partial charge on any atom is 0.276 e. The van der Waals surface area contributed by atoms with E-state index in [1.54, 1.807) is 48.7 Å². The van der Waals surface area contributed by atoms with Crippen LogP contribution in [0.3, 0.4) is 0 Å². The summed E-state index contributed by atoms with van der Waals surface area (Å²) < 4.78 is 21.1. The molecule has 2 aromatic carbocycles. The lowest BCUT2D eigenvalue weighted by Crippen LogP contribution is -2.22. The Labute approximate surface area is 192 Å². The van der Waals surface area contributed by atoms with E-state index in [0.29, 0.717) is 38.9 Å². The van der Waals surface area contributed by atoms with Crippen LogP contribution < -0.4 is 15.6 Å². The van der Waals surface area contributed by atoms with Crippen molar-refractivity contribution in [2.24, 2.45) is 0 Å². The van der Waals surface area contributed by atoms with E-state index in [4.69, 9.17) is 4.74 Å². The van der Waals surface area contributed by atoms with Crippen LogP contribution in [0.5, 0.6) is 5.75 Å². The molecule has 164 valence electrons. The molecular weight excluding hydrogens is 449 g/mol. The van der Waals surface area contributed by atoms with E-state index in [0.717, 1.165) is 17.5 Å². The fourth-order valence-electron chi connectivity index (χ4n) is 3.11. The average Bonchev–Trinajstić information content (AvgIpc) is 3.25. The molecule has 0 bridgehead atoms. The molecule has 6 nitrogen and oxygen atoms in total. The molecule has 2 heterocycles. The number of thioether (sulfide) groups is 1. The van der Waals surface area contributed by atoms with Crippen LogP contribution in [-0.2, 0) is 4.79 Å². The molecule has 4 rings (SSSR count). The summed E-state index contributed by atoms with van der Waals surface area (Å²) in [7, 11) is 0. The Morgan fingerprint density at radius 1 is 1.22 bits per heavy atom. The maximum atomic E-state index is 13.8. The standard InChI is InChI=1S/C23H20FN3O3S2/c1-3-30-17-7-4-15(5-8-17)25-20(28)13-32-23-26-19-10-11-31-21(19)22(29)27(23)16-6-9-18(24)14(2)12-16/h4-12H,3,13H2,1-2H3,(H,25,28). The zero-order valence-electron chi connectivity index (χ0n) is 17.4. The lowest BCUT2D eigenvalue weighted by molar-refractivity contribution is -0.113. The summed E-state index contributed by atoms with van der Waals surface area (Å²) in [5.74, 6) is 0.193. The Hall–Kier alpha value is -3.17. The number of anilines is 1. The first kappa shape index (κ1) is 22.0. The number of halogens is 1. The molecule has 0 aliphatic carbocycles. The number of nitrogens with zero attached hydrogens (tertiary/aromatic N) is 2. The molecule has 0 atom stereocenters. The molecule has 1 amide bonds. The summed E-state index contributed by atoms with van der Waals surface area (Å²) in [6, 6.07) is 13.3. The molecule has 0 aliphatic rings. The van der Waals surface area contributed by atoms with Gasteiger partial charge in [-0.3, -0.25) is 14.2 Å². The van der Waals surface area contributed by atoms with E-state index in [-0.39, 0.29) is 23.0 Å².